The second-order valence-corrected chi connectivity index (χ2v) is 6.16. The lowest BCUT2D eigenvalue weighted by Crippen LogP contribution is -2.18. The van der Waals surface area contributed by atoms with Gasteiger partial charge in [-0.3, -0.25) is 9.59 Å². The highest BCUT2D eigenvalue weighted by atomic mass is 16.5. The fourth-order valence-electron chi connectivity index (χ4n) is 2.68. The number of hydrogen-bond acceptors (Lipinski definition) is 6. The monoisotopic (exact) mass is 393 g/mol. The number of aryl methyl sites for hydroxylation is 1. The Labute approximate surface area is 167 Å². The quantitative estimate of drug-likeness (QED) is 0.483. The number of ketones is 1. The van der Waals surface area contributed by atoms with Crippen LogP contribution in [0.1, 0.15) is 36.8 Å². The van der Waals surface area contributed by atoms with Crippen molar-refractivity contribution in [1.29, 1.82) is 0 Å². The van der Waals surface area contributed by atoms with Crippen LogP contribution < -0.4 is 10.1 Å². The van der Waals surface area contributed by atoms with E-state index in [0.29, 0.717) is 22.6 Å². The second kappa shape index (κ2) is 8.88. The van der Waals surface area contributed by atoms with E-state index in [-0.39, 0.29) is 17.1 Å². The predicted molar refractivity (Wildman–Crippen MR) is 105 cm³/mol. The maximum atomic E-state index is 12.6. The number of hydrogen-bond donors (Lipinski definition) is 1. The third-order valence-electron chi connectivity index (χ3n) is 4.20. The molecule has 0 saturated carbocycles. The molecule has 1 amide bonds. The number of benzene rings is 2. The largest absolute Gasteiger partial charge is 0.497 e. The summed E-state index contributed by atoms with van der Waals surface area (Å²) in [7, 11) is 1.50. The van der Waals surface area contributed by atoms with Gasteiger partial charge in [-0.2, -0.15) is 0 Å². The van der Waals surface area contributed by atoms with Crippen molar-refractivity contribution in [2.75, 3.05) is 19.0 Å². The van der Waals surface area contributed by atoms with E-state index in [1.807, 2.05) is 0 Å². The Hall–Kier alpha value is -3.87. The maximum Gasteiger partial charge on any atom is 0.340 e. The van der Waals surface area contributed by atoms with Crippen LogP contribution in [0.25, 0.3) is 0 Å². The second-order valence-electron chi connectivity index (χ2n) is 6.16. The van der Waals surface area contributed by atoms with Crippen molar-refractivity contribution < 1.29 is 28.3 Å². The number of ether oxygens (including phenoxy) is 2. The Kier molecular flexibility index (Phi) is 6.09. The summed E-state index contributed by atoms with van der Waals surface area (Å²) in [6, 6.07) is 14.6. The molecule has 148 valence electrons. The van der Waals surface area contributed by atoms with Crippen molar-refractivity contribution in [2.24, 2.45) is 0 Å². The van der Waals surface area contributed by atoms with E-state index in [2.05, 4.69) is 5.32 Å². The normalized spacial score (nSPS) is 10.3. The summed E-state index contributed by atoms with van der Waals surface area (Å²) in [5.74, 6) is -0.943. The minimum Gasteiger partial charge on any atom is -0.497 e. The first-order valence-electron chi connectivity index (χ1n) is 8.78. The summed E-state index contributed by atoms with van der Waals surface area (Å²) in [6.45, 7) is 1.31. The smallest absolute Gasteiger partial charge is 0.340 e. The lowest BCUT2D eigenvalue weighted by molar-refractivity contribution is 0.0475. The molecular weight excluding hydrogens is 374 g/mol. The van der Waals surface area contributed by atoms with E-state index in [1.54, 1.807) is 49.4 Å². The Balaban J connectivity index is 1.73. The summed E-state index contributed by atoms with van der Waals surface area (Å²) in [5, 5.41) is 2.66. The number of Topliss-reactive ketones (excluding diaryl/α,β-unsaturated/α-hetero) is 1. The number of rotatable bonds is 7. The van der Waals surface area contributed by atoms with Crippen molar-refractivity contribution in [1.82, 2.24) is 0 Å². The third-order valence-corrected chi connectivity index (χ3v) is 4.20. The van der Waals surface area contributed by atoms with Gasteiger partial charge in [0, 0.05) is 5.56 Å². The van der Waals surface area contributed by atoms with Crippen LogP contribution in [0.4, 0.5) is 5.69 Å². The molecule has 0 aliphatic rings. The average molecular weight is 393 g/mol. The van der Waals surface area contributed by atoms with E-state index >= 15 is 0 Å². The summed E-state index contributed by atoms with van der Waals surface area (Å²) in [4.78, 5) is 37.2. The topological polar surface area (TPSA) is 94.8 Å². The lowest BCUT2D eigenvalue weighted by Gasteiger charge is -2.13. The molecule has 0 saturated heterocycles. The van der Waals surface area contributed by atoms with Gasteiger partial charge in [0.15, 0.2) is 18.2 Å². The first kappa shape index (κ1) is 19.9. The highest BCUT2D eigenvalue weighted by Crippen LogP contribution is 2.23. The molecule has 0 aliphatic carbocycles. The maximum absolute atomic E-state index is 12.6. The van der Waals surface area contributed by atoms with E-state index in [4.69, 9.17) is 13.9 Å². The average Bonchev–Trinajstić information content (AvgIpc) is 3.28. The third kappa shape index (κ3) is 4.70. The molecule has 1 N–H and O–H groups in total. The number of amides is 1. The van der Waals surface area contributed by atoms with E-state index < -0.39 is 18.5 Å². The van der Waals surface area contributed by atoms with Crippen LogP contribution in [-0.4, -0.2) is 31.4 Å². The highest BCUT2D eigenvalue weighted by Gasteiger charge is 2.19. The number of anilines is 1. The Morgan fingerprint density at radius 1 is 1.03 bits per heavy atom. The van der Waals surface area contributed by atoms with E-state index in [0.717, 1.165) is 0 Å². The van der Waals surface area contributed by atoms with E-state index in [9.17, 15) is 14.4 Å². The van der Waals surface area contributed by atoms with Gasteiger partial charge < -0.3 is 19.2 Å². The Bertz CT molecular complexity index is 1040. The van der Waals surface area contributed by atoms with Gasteiger partial charge in [-0.05, 0) is 42.8 Å². The molecule has 3 aromatic rings. The van der Waals surface area contributed by atoms with Crippen LogP contribution in [0.15, 0.2) is 65.3 Å². The summed E-state index contributed by atoms with van der Waals surface area (Å²) >= 11 is 0. The van der Waals surface area contributed by atoms with Crippen molar-refractivity contribution in [3.63, 3.8) is 0 Å². The van der Waals surface area contributed by atoms with Crippen molar-refractivity contribution in [2.45, 2.75) is 6.92 Å². The van der Waals surface area contributed by atoms with Crippen LogP contribution in [0.2, 0.25) is 0 Å². The van der Waals surface area contributed by atoms with Crippen LogP contribution in [-0.2, 0) is 4.74 Å². The van der Waals surface area contributed by atoms with Crippen LogP contribution in [0, 0.1) is 6.92 Å². The molecule has 1 heterocycles. The Morgan fingerprint density at radius 2 is 1.83 bits per heavy atom. The van der Waals surface area contributed by atoms with Gasteiger partial charge in [0.25, 0.3) is 5.91 Å². The molecule has 0 unspecified atom stereocenters. The molecule has 2 aromatic carbocycles. The van der Waals surface area contributed by atoms with Gasteiger partial charge in [0.2, 0.25) is 0 Å². The van der Waals surface area contributed by atoms with E-state index in [1.165, 1.54) is 25.5 Å². The summed E-state index contributed by atoms with van der Waals surface area (Å²) < 4.78 is 15.3. The van der Waals surface area contributed by atoms with Crippen LogP contribution in [0.3, 0.4) is 0 Å². The molecule has 3 rings (SSSR count). The highest BCUT2D eigenvalue weighted by molar-refractivity contribution is 6.08. The number of nitrogens with one attached hydrogen (secondary N) is 1. The molecule has 7 heteroatoms. The summed E-state index contributed by atoms with van der Waals surface area (Å²) in [6.07, 6.45) is 1.38. The van der Waals surface area contributed by atoms with Gasteiger partial charge >= 0.3 is 5.97 Å². The Morgan fingerprint density at radius 3 is 2.55 bits per heavy atom. The number of carbonyl (C=O) groups is 3. The summed E-state index contributed by atoms with van der Waals surface area (Å²) in [5.41, 5.74) is 1.47. The molecule has 0 aliphatic heterocycles. The fourth-order valence-corrected chi connectivity index (χ4v) is 2.68. The van der Waals surface area contributed by atoms with Gasteiger partial charge in [0.1, 0.15) is 5.75 Å². The zero-order chi connectivity index (χ0) is 20.8. The lowest BCUT2D eigenvalue weighted by atomic mass is 10.1. The van der Waals surface area contributed by atoms with Crippen LogP contribution >= 0.6 is 0 Å². The molecule has 0 fully saturated rings. The number of furan rings is 1. The van der Waals surface area contributed by atoms with Gasteiger partial charge in [-0.15, -0.1) is 0 Å². The molecular formula is C22H19NO6. The number of esters is 1. The standard InChI is InChI=1S/C22H19NO6/c1-14-6-3-9-17(20(14)23-21(25)19-10-5-11-28-19)22(26)29-13-18(24)15-7-4-8-16(12-15)27-2/h3-12H,13H2,1-2H3,(H,23,25). The molecule has 29 heavy (non-hydrogen) atoms. The minimum absolute atomic E-state index is 0.112. The minimum atomic E-state index is -0.723. The molecule has 0 radical (unpaired) electrons. The first-order valence-corrected chi connectivity index (χ1v) is 8.78. The van der Waals surface area contributed by atoms with Crippen LogP contribution in [0.5, 0.6) is 5.75 Å². The van der Waals surface area contributed by atoms with Gasteiger partial charge in [-0.25, -0.2) is 4.79 Å². The zero-order valence-corrected chi connectivity index (χ0v) is 15.9. The number of para-hydroxylation sites is 1. The van der Waals surface area contributed by atoms with Gasteiger partial charge in [0.05, 0.1) is 24.6 Å². The number of carbonyl (C=O) groups excluding carboxylic acids is 3. The van der Waals surface area contributed by atoms with Gasteiger partial charge in [-0.1, -0.05) is 24.3 Å². The number of methoxy groups -OCH3 is 1. The molecule has 1 aromatic heterocycles. The zero-order valence-electron chi connectivity index (χ0n) is 15.9. The molecule has 0 atom stereocenters. The molecule has 0 spiro atoms. The predicted octanol–water partition coefficient (Wildman–Crippen LogP) is 3.89. The van der Waals surface area contributed by atoms with Crippen molar-refractivity contribution in [3.05, 3.63) is 83.3 Å². The fraction of sp³-hybridized carbons (Fsp3) is 0.136. The first-order chi connectivity index (χ1) is 14.0. The molecule has 7 nitrogen and oxygen atoms in total. The molecule has 0 bridgehead atoms. The van der Waals surface area contributed by atoms with Crippen molar-refractivity contribution >= 4 is 23.3 Å². The SMILES string of the molecule is COc1cccc(C(=O)COC(=O)c2cccc(C)c2NC(=O)c2ccco2)c1. The van der Waals surface area contributed by atoms with Crippen molar-refractivity contribution in [3.8, 4) is 5.75 Å².